The number of anilines is 2. The van der Waals surface area contributed by atoms with Crippen LogP contribution in [-0.2, 0) is 14.8 Å². The molecule has 2 rings (SSSR count). The minimum atomic E-state index is -3.76. The number of benzene rings is 2. The van der Waals surface area contributed by atoms with E-state index in [2.05, 4.69) is 5.32 Å². The van der Waals surface area contributed by atoms with Crippen LogP contribution in [0.4, 0.5) is 11.4 Å². The molecule has 0 aromatic heterocycles. The number of carbonyl (C=O) groups excluding carboxylic acids is 2. The summed E-state index contributed by atoms with van der Waals surface area (Å²) in [7, 11) is -3.76. The highest BCUT2D eigenvalue weighted by molar-refractivity contribution is 7.92. The van der Waals surface area contributed by atoms with E-state index < -0.39 is 28.4 Å². The Bertz CT molecular complexity index is 926. The molecule has 3 N–H and O–H groups in total. The zero-order valence-corrected chi connectivity index (χ0v) is 15.9. The predicted octanol–water partition coefficient (Wildman–Crippen LogP) is 2.50. The lowest BCUT2D eigenvalue weighted by molar-refractivity contribution is -0.114. The molecule has 0 saturated carbocycles. The summed E-state index contributed by atoms with van der Waals surface area (Å²) in [6, 6.07) is 10.1. The van der Waals surface area contributed by atoms with Gasteiger partial charge >= 0.3 is 0 Å². The number of rotatable bonds is 6. The standard InChI is InChI=1S/C16H15Cl2N3O4S/c1-26(24,25)21(14-7-11(17)6-12(18)8-14)9-15(22)20-13-4-2-10(3-5-13)16(19)23/h2-8H,9H2,1H3,(H2,19,23)(H,20,22). The number of primary amides is 1. The molecule has 2 aromatic rings. The van der Waals surface area contributed by atoms with E-state index >= 15 is 0 Å². The fraction of sp³-hybridized carbons (Fsp3) is 0.125. The number of carbonyl (C=O) groups is 2. The van der Waals surface area contributed by atoms with Gasteiger partial charge in [-0.3, -0.25) is 13.9 Å². The summed E-state index contributed by atoms with van der Waals surface area (Å²) in [5.41, 5.74) is 5.99. The third-order valence-corrected chi connectivity index (χ3v) is 4.85. The average Bonchev–Trinajstić information content (AvgIpc) is 2.51. The molecular formula is C16H15Cl2N3O4S. The van der Waals surface area contributed by atoms with E-state index in [1.54, 1.807) is 0 Å². The third-order valence-electron chi connectivity index (χ3n) is 3.28. The van der Waals surface area contributed by atoms with Gasteiger partial charge in [-0.05, 0) is 42.5 Å². The van der Waals surface area contributed by atoms with E-state index in [9.17, 15) is 18.0 Å². The summed E-state index contributed by atoms with van der Waals surface area (Å²) >= 11 is 11.8. The molecular weight excluding hydrogens is 401 g/mol. The Labute approximate surface area is 160 Å². The van der Waals surface area contributed by atoms with Crippen LogP contribution in [0.2, 0.25) is 10.0 Å². The second kappa shape index (κ2) is 7.94. The number of sulfonamides is 1. The molecule has 2 amide bonds. The molecule has 0 aliphatic carbocycles. The van der Waals surface area contributed by atoms with Crippen molar-refractivity contribution in [3.8, 4) is 0 Å². The summed E-state index contributed by atoms with van der Waals surface area (Å²) in [6.45, 7) is -0.479. The first kappa shape index (κ1) is 20.0. The zero-order valence-electron chi connectivity index (χ0n) is 13.6. The van der Waals surface area contributed by atoms with E-state index in [0.717, 1.165) is 10.6 Å². The molecule has 26 heavy (non-hydrogen) atoms. The van der Waals surface area contributed by atoms with Crippen LogP contribution >= 0.6 is 23.2 Å². The molecule has 7 nitrogen and oxygen atoms in total. The Morgan fingerprint density at radius 3 is 2.08 bits per heavy atom. The van der Waals surface area contributed by atoms with Crippen molar-refractivity contribution in [1.29, 1.82) is 0 Å². The van der Waals surface area contributed by atoms with Gasteiger partial charge in [-0.1, -0.05) is 23.2 Å². The number of nitrogens with zero attached hydrogens (tertiary/aromatic N) is 1. The van der Waals surface area contributed by atoms with Crippen LogP contribution in [0.15, 0.2) is 42.5 Å². The van der Waals surface area contributed by atoms with Gasteiger partial charge in [0, 0.05) is 21.3 Å². The second-order valence-corrected chi connectivity index (χ2v) is 8.17. The van der Waals surface area contributed by atoms with E-state index in [-0.39, 0.29) is 21.3 Å². The molecule has 0 aliphatic rings. The largest absolute Gasteiger partial charge is 0.366 e. The van der Waals surface area contributed by atoms with Gasteiger partial charge in [0.15, 0.2) is 0 Å². The van der Waals surface area contributed by atoms with E-state index in [4.69, 9.17) is 28.9 Å². The molecule has 0 heterocycles. The first-order chi connectivity index (χ1) is 12.1. The number of hydrogen-bond donors (Lipinski definition) is 2. The number of hydrogen-bond acceptors (Lipinski definition) is 4. The van der Waals surface area contributed by atoms with Crippen molar-refractivity contribution in [3.05, 3.63) is 58.1 Å². The van der Waals surface area contributed by atoms with E-state index in [1.807, 2.05) is 0 Å². The molecule has 0 spiro atoms. The third kappa shape index (κ3) is 5.35. The summed E-state index contributed by atoms with van der Waals surface area (Å²) < 4.78 is 25.0. The Hall–Kier alpha value is -2.29. The first-order valence-electron chi connectivity index (χ1n) is 7.20. The lowest BCUT2D eigenvalue weighted by Crippen LogP contribution is -2.37. The van der Waals surface area contributed by atoms with Gasteiger partial charge in [0.2, 0.25) is 21.8 Å². The highest BCUT2D eigenvalue weighted by Gasteiger charge is 2.21. The monoisotopic (exact) mass is 415 g/mol. The summed E-state index contributed by atoms with van der Waals surface area (Å²) in [5, 5.41) is 3.03. The lowest BCUT2D eigenvalue weighted by atomic mass is 10.2. The van der Waals surface area contributed by atoms with Gasteiger partial charge in [0.1, 0.15) is 6.54 Å². The minimum absolute atomic E-state index is 0.171. The fourth-order valence-corrected chi connectivity index (χ4v) is 3.49. The SMILES string of the molecule is CS(=O)(=O)N(CC(=O)Nc1ccc(C(N)=O)cc1)c1cc(Cl)cc(Cl)c1. The molecule has 0 atom stereocenters. The van der Waals surface area contributed by atoms with Crippen LogP contribution in [0.25, 0.3) is 0 Å². The zero-order chi connectivity index (χ0) is 19.5. The number of halogens is 2. The molecule has 0 radical (unpaired) electrons. The van der Waals surface area contributed by atoms with Crippen LogP contribution in [-0.4, -0.2) is 33.0 Å². The Morgan fingerprint density at radius 2 is 1.62 bits per heavy atom. The van der Waals surface area contributed by atoms with Crippen molar-refractivity contribution < 1.29 is 18.0 Å². The van der Waals surface area contributed by atoms with Gasteiger partial charge in [-0.2, -0.15) is 0 Å². The molecule has 0 bridgehead atoms. The Morgan fingerprint density at radius 1 is 1.08 bits per heavy atom. The number of nitrogens with two attached hydrogens (primary N) is 1. The van der Waals surface area contributed by atoms with E-state index in [1.165, 1.54) is 42.5 Å². The average molecular weight is 416 g/mol. The molecule has 0 fully saturated rings. The topological polar surface area (TPSA) is 110 Å². The second-order valence-electron chi connectivity index (χ2n) is 5.39. The molecule has 0 saturated heterocycles. The summed E-state index contributed by atoms with van der Waals surface area (Å²) in [4.78, 5) is 23.3. The molecule has 138 valence electrons. The van der Waals surface area contributed by atoms with E-state index in [0.29, 0.717) is 5.69 Å². The van der Waals surface area contributed by atoms with Gasteiger partial charge in [0.25, 0.3) is 0 Å². The smallest absolute Gasteiger partial charge is 0.248 e. The molecule has 10 heteroatoms. The maximum absolute atomic E-state index is 12.3. The molecule has 2 aromatic carbocycles. The van der Waals surface area contributed by atoms with Crippen molar-refractivity contribution in [2.24, 2.45) is 5.73 Å². The van der Waals surface area contributed by atoms with Crippen LogP contribution < -0.4 is 15.4 Å². The van der Waals surface area contributed by atoms with Crippen LogP contribution in [0.3, 0.4) is 0 Å². The number of amides is 2. The van der Waals surface area contributed by atoms with Crippen molar-refractivity contribution in [2.45, 2.75) is 0 Å². The van der Waals surface area contributed by atoms with Gasteiger partial charge in [0.05, 0.1) is 11.9 Å². The fourth-order valence-electron chi connectivity index (χ4n) is 2.13. The normalized spacial score (nSPS) is 11.0. The van der Waals surface area contributed by atoms with Crippen molar-refractivity contribution in [3.63, 3.8) is 0 Å². The Balaban J connectivity index is 2.20. The number of nitrogens with one attached hydrogen (secondary N) is 1. The lowest BCUT2D eigenvalue weighted by Gasteiger charge is -2.22. The van der Waals surface area contributed by atoms with Crippen LogP contribution in [0.5, 0.6) is 0 Å². The van der Waals surface area contributed by atoms with Crippen molar-refractivity contribution in [2.75, 3.05) is 22.4 Å². The molecule has 0 aliphatic heterocycles. The van der Waals surface area contributed by atoms with Crippen molar-refractivity contribution in [1.82, 2.24) is 0 Å². The van der Waals surface area contributed by atoms with Gasteiger partial charge < -0.3 is 11.1 Å². The first-order valence-corrected chi connectivity index (χ1v) is 9.80. The van der Waals surface area contributed by atoms with Crippen LogP contribution in [0, 0.1) is 0 Å². The highest BCUT2D eigenvalue weighted by atomic mass is 35.5. The maximum atomic E-state index is 12.3. The predicted molar refractivity (Wildman–Crippen MR) is 102 cm³/mol. The van der Waals surface area contributed by atoms with Crippen molar-refractivity contribution >= 4 is 56.4 Å². The minimum Gasteiger partial charge on any atom is -0.366 e. The quantitative estimate of drug-likeness (QED) is 0.754. The summed E-state index contributed by atoms with van der Waals surface area (Å²) in [5.74, 6) is -1.18. The Kier molecular flexibility index (Phi) is 6.12. The maximum Gasteiger partial charge on any atom is 0.248 e. The highest BCUT2D eigenvalue weighted by Crippen LogP contribution is 2.27. The van der Waals surface area contributed by atoms with Gasteiger partial charge in [-0.15, -0.1) is 0 Å². The van der Waals surface area contributed by atoms with Crippen LogP contribution in [0.1, 0.15) is 10.4 Å². The molecule has 0 unspecified atom stereocenters. The van der Waals surface area contributed by atoms with Gasteiger partial charge in [-0.25, -0.2) is 8.42 Å². The summed E-state index contributed by atoms with van der Waals surface area (Å²) in [6.07, 6.45) is 0.969.